The van der Waals surface area contributed by atoms with Crippen molar-refractivity contribution < 1.29 is 0 Å². The Balaban J connectivity index is 1.78. The van der Waals surface area contributed by atoms with E-state index in [2.05, 4.69) is 61.4 Å². The fourth-order valence-electron chi connectivity index (χ4n) is 2.82. The molecule has 2 aromatic carbocycles. The third kappa shape index (κ3) is 3.46. The van der Waals surface area contributed by atoms with Gasteiger partial charge in [0.25, 0.3) is 0 Å². The summed E-state index contributed by atoms with van der Waals surface area (Å²) in [6.45, 7) is 2.02. The molecule has 2 aromatic rings. The van der Waals surface area contributed by atoms with Crippen LogP contribution in [0.1, 0.15) is 23.1 Å². The molecule has 0 amide bonds. The molecule has 1 aliphatic rings. The van der Waals surface area contributed by atoms with E-state index in [1.54, 1.807) is 0 Å². The van der Waals surface area contributed by atoms with E-state index >= 15 is 0 Å². The summed E-state index contributed by atoms with van der Waals surface area (Å²) in [6.07, 6.45) is 3.31. The maximum Gasteiger partial charge on any atom is 0.0502 e. The van der Waals surface area contributed by atoms with E-state index < -0.39 is 0 Å². The molecule has 1 unspecified atom stereocenters. The van der Waals surface area contributed by atoms with Crippen molar-refractivity contribution in [2.45, 2.75) is 32.2 Å². The van der Waals surface area contributed by atoms with Crippen molar-refractivity contribution >= 4 is 49.1 Å². The second kappa shape index (κ2) is 6.31. The van der Waals surface area contributed by atoms with Gasteiger partial charge >= 0.3 is 0 Å². The van der Waals surface area contributed by atoms with Crippen LogP contribution in [0, 0.1) is 6.92 Å². The lowest BCUT2D eigenvalue weighted by atomic mass is 9.88. The van der Waals surface area contributed by atoms with Crippen LogP contribution >= 0.6 is 43.5 Å². The zero-order valence-corrected chi connectivity index (χ0v) is 15.6. The minimum absolute atomic E-state index is 0.453. The van der Waals surface area contributed by atoms with E-state index in [4.69, 9.17) is 11.6 Å². The second-order valence-corrected chi connectivity index (χ2v) is 7.76. The van der Waals surface area contributed by atoms with Crippen LogP contribution < -0.4 is 5.32 Å². The molecule has 0 saturated heterocycles. The number of nitrogens with one attached hydrogen (secondary N) is 1. The van der Waals surface area contributed by atoms with Crippen LogP contribution in [0.25, 0.3) is 0 Å². The third-order valence-electron chi connectivity index (χ3n) is 4.00. The quantitative estimate of drug-likeness (QED) is 0.604. The Hall–Kier alpha value is -0.510. The molecule has 0 heterocycles. The molecule has 4 heteroatoms. The Morgan fingerprint density at radius 1 is 1.14 bits per heavy atom. The summed E-state index contributed by atoms with van der Waals surface area (Å²) >= 11 is 13.4. The van der Waals surface area contributed by atoms with Crippen LogP contribution in [0.4, 0.5) is 5.69 Å². The summed E-state index contributed by atoms with van der Waals surface area (Å²) in [5.41, 5.74) is 5.07. The van der Waals surface area contributed by atoms with Gasteiger partial charge in [0, 0.05) is 20.0 Å². The fraction of sp³-hybridized carbons (Fsp3) is 0.294. The SMILES string of the molecule is Cc1cc(Br)c(NC2CCc3cc(Br)ccc3C2)cc1Cl. The smallest absolute Gasteiger partial charge is 0.0502 e. The van der Waals surface area contributed by atoms with Crippen molar-refractivity contribution in [2.24, 2.45) is 0 Å². The fourth-order valence-corrected chi connectivity index (χ4v) is 3.97. The summed E-state index contributed by atoms with van der Waals surface area (Å²) in [6, 6.07) is 11.1. The van der Waals surface area contributed by atoms with Crippen LogP contribution in [-0.4, -0.2) is 6.04 Å². The van der Waals surface area contributed by atoms with Crippen molar-refractivity contribution in [1.29, 1.82) is 0 Å². The van der Waals surface area contributed by atoms with Gasteiger partial charge in [-0.1, -0.05) is 33.6 Å². The number of anilines is 1. The molecule has 1 aliphatic carbocycles. The van der Waals surface area contributed by atoms with Gasteiger partial charge in [-0.3, -0.25) is 0 Å². The summed E-state index contributed by atoms with van der Waals surface area (Å²) in [5, 5.41) is 4.44. The van der Waals surface area contributed by atoms with Gasteiger partial charge in [-0.05, 0) is 83.1 Å². The van der Waals surface area contributed by atoms with Gasteiger partial charge in [-0.2, -0.15) is 0 Å². The van der Waals surface area contributed by atoms with Crippen LogP contribution in [0.2, 0.25) is 5.02 Å². The number of aryl methyl sites for hydroxylation is 2. The van der Waals surface area contributed by atoms with Crippen LogP contribution in [0.3, 0.4) is 0 Å². The number of hydrogen-bond acceptors (Lipinski definition) is 1. The van der Waals surface area contributed by atoms with Gasteiger partial charge in [-0.25, -0.2) is 0 Å². The maximum absolute atomic E-state index is 6.24. The number of rotatable bonds is 2. The van der Waals surface area contributed by atoms with Crippen LogP contribution in [0.15, 0.2) is 39.3 Å². The first-order valence-electron chi connectivity index (χ1n) is 7.02. The molecule has 0 aliphatic heterocycles. The number of halogens is 3. The van der Waals surface area contributed by atoms with Crippen molar-refractivity contribution in [3.05, 3.63) is 61.0 Å². The summed E-state index contributed by atoms with van der Waals surface area (Å²) in [4.78, 5) is 0. The first kappa shape index (κ1) is 15.4. The van der Waals surface area contributed by atoms with Crippen LogP contribution in [0.5, 0.6) is 0 Å². The van der Waals surface area contributed by atoms with E-state index in [9.17, 15) is 0 Å². The highest BCUT2D eigenvalue weighted by Gasteiger charge is 2.19. The first-order chi connectivity index (χ1) is 10.0. The zero-order valence-electron chi connectivity index (χ0n) is 11.7. The van der Waals surface area contributed by atoms with Crippen molar-refractivity contribution in [1.82, 2.24) is 0 Å². The largest absolute Gasteiger partial charge is 0.381 e. The molecule has 1 nitrogen and oxygen atoms in total. The van der Waals surface area contributed by atoms with E-state index in [1.165, 1.54) is 15.6 Å². The van der Waals surface area contributed by atoms with Crippen molar-refractivity contribution in [2.75, 3.05) is 5.32 Å². The molecule has 110 valence electrons. The molecule has 1 atom stereocenters. The number of benzene rings is 2. The monoisotopic (exact) mass is 427 g/mol. The number of fused-ring (bicyclic) bond motifs is 1. The number of hydrogen-bond donors (Lipinski definition) is 1. The van der Waals surface area contributed by atoms with E-state index in [-0.39, 0.29) is 0 Å². The zero-order chi connectivity index (χ0) is 15.0. The lowest BCUT2D eigenvalue weighted by Gasteiger charge is -2.27. The van der Waals surface area contributed by atoms with E-state index in [0.29, 0.717) is 6.04 Å². The molecule has 0 bridgehead atoms. The molecular formula is C17H16Br2ClN. The summed E-state index contributed by atoms with van der Waals surface area (Å²) < 4.78 is 2.24. The third-order valence-corrected chi connectivity index (χ3v) is 5.56. The van der Waals surface area contributed by atoms with Gasteiger partial charge in [-0.15, -0.1) is 0 Å². The first-order valence-corrected chi connectivity index (χ1v) is 8.99. The van der Waals surface area contributed by atoms with E-state index in [0.717, 1.165) is 40.0 Å². The molecule has 0 saturated carbocycles. The van der Waals surface area contributed by atoms with Gasteiger partial charge < -0.3 is 5.32 Å². The standard InChI is InChI=1S/C17H16Br2ClN/c1-10-6-15(19)17(9-16(10)20)21-14-5-3-11-7-13(18)4-2-12(11)8-14/h2,4,6-7,9,14,21H,3,5,8H2,1H3. The lowest BCUT2D eigenvalue weighted by molar-refractivity contribution is 0.610. The summed E-state index contributed by atoms with van der Waals surface area (Å²) in [7, 11) is 0. The molecule has 1 N–H and O–H groups in total. The Kier molecular flexibility index (Phi) is 4.63. The molecule has 0 spiro atoms. The highest BCUT2D eigenvalue weighted by Crippen LogP contribution is 2.32. The van der Waals surface area contributed by atoms with E-state index in [1.807, 2.05) is 13.0 Å². The minimum atomic E-state index is 0.453. The highest BCUT2D eigenvalue weighted by atomic mass is 79.9. The van der Waals surface area contributed by atoms with Crippen LogP contribution in [-0.2, 0) is 12.8 Å². The molecule has 3 rings (SSSR count). The lowest BCUT2D eigenvalue weighted by Crippen LogP contribution is -2.27. The molecule has 0 fully saturated rings. The van der Waals surface area contributed by atoms with Gasteiger partial charge in [0.1, 0.15) is 0 Å². The average molecular weight is 430 g/mol. The molecule has 0 aromatic heterocycles. The summed E-state index contributed by atoms with van der Waals surface area (Å²) in [5.74, 6) is 0. The predicted octanol–water partition coefficient (Wildman–Crippen LogP) is 6.14. The van der Waals surface area contributed by atoms with Crippen molar-refractivity contribution in [3.63, 3.8) is 0 Å². The maximum atomic E-state index is 6.24. The minimum Gasteiger partial charge on any atom is -0.381 e. The average Bonchev–Trinajstić information content (AvgIpc) is 2.45. The Bertz CT molecular complexity index is 685. The van der Waals surface area contributed by atoms with Gasteiger partial charge in [0.05, 0.1) is 5.69 Å². The normalized spacial score (nSPS) is 17.4. The van der Waals surface area contributed by atoms with Gasteiger partial charge in [0.2, 0.25) is 0 Å². The highest BCUT2D eigenvalue weighted by molar-refractivity contribution is 9.10. The predicted molar refractivity (Wildman–Crippen MR) is 97.5 cm³/mol. The molecular weight excluding hydrogens is 413 g/mol. The Morgan fingerprint density at radius 3 is 2.76 bits per heavy atom. The second-order valence-electron chi connectivity index (χ2n) is 5.58. The molecule has 0 radical (unpaired) electrons. The Labute approximate surface area is 147 Å². The van der Waals surface area contributed by atoms with Gasteiger partial charge in [0.15, 0.2) is 0 Å². The van der Waals surface area contributed by atoms with Crippen molar-refractivity contribution in [3.8, 4) is 0 Å². The Morgan fingerprint density at radius 2 is 1.95 bits per heavy atom. The topological polar surface area (TPSA) is 12.0 Å². The molecule has 21 heavy (non-hydrogen) atoms.